The monoisotopic (exact) mass is 480 g/mol. The van der Waals surface area contributed by atoms with E-state index in [1.165, 1.54) is 57.8 Å². The van der Waals surface area contributed by atoms with Crippen LogP contribution in [0.3, 0.4) is 0 Å². The molecule has 0 radical (unpaired) electrons. The molecule has 0 amide bonds. The standard InChI is InChI=1S/C30H56O4/c1-5-7-13-20-26(18-6-2)24-34-30(32)28-22-16-15-21-27(28)29(31)33-23-17-12-10-8-9-11-14-19-25(3)4/h25-28H,5-24H2,1-4H3. The van der Waals surface area contributed by atoms with Crippen molar-refractivity contribution < 1.29 is 19.1 Å². The van der Waals surface area contributed by atoms with Gasteiger partial charge >= 0.3 is 11.9 Å². The van der Waals surface area contributed by atoms with Gasteiger partial charge < -0.3 is 9.47 Å². The number of rotatable bonds is 20. The molecule has 1 rings (SSSR count). The Kier molecular flexibility index (Phi) is 18.4. The van der Waals surface area contributed by atoms with Crippen LogP contribution in [0.25, 0.3) is 0 Å². The summed E-state index contributed by atoms with van der Waals surface area (Å²) in [7, 11) is 0. The molecule has 1 fully saturated rings. The summed E-state index contributed by atoms with van der Waals surface area (Å²) < 4.78 is 11.4. The Morgan fingerprint density at radius 1 is 0.676 bits per heavy atom. The maximum Gasteiger partial charge on any atom is 0.309 e. The SMILES string of the molecule is CCCCCC(CCC)COC(=O)C1CCCCC1C(=O)OCCCCCCCCCC(C)C. The molecular formula is C30H56O4. The van der Waals surface area contributed by atoms with E-state index in [-0.39, 0.29) is 23.8 Å². The fourth-order valence-corrected chi connectivity index (χ4v) is 5.22. The van der Waals surface area contributed by atoms with Crippen LogP contribution in [0.4, 0.5) is 0 Å². The van der Waals surface area contributed by atoms with Gasteiger partial charge in [-0.3, -0.25) is 9.59 Å². The average Bonchev–Trinajstić information content (AvgIpc) is 2.83. The second-order valence-corrected chi connectivity index (χ2v) is 11.1. The van der Waals surface area contributed by atoms with Gasteiger partial charge in [0.05, 0.1) is 25.0 Å². The number of esters is 2. The topological polar surface area (TPSA) is 52.6 Å². The van der Waals surface area contributed by atoms with Crippen LogP contribution in [0, 0.1) is 23.7 Å². The molecule has 0 spiro atoms. The summed E-state index contributed by atoms with van der Waals surface area (Å²) in [6.45, 7) is 9.98. The van der Waals surface area contributed by atoms with Crippen molar-refractivity contribution in [3.8, 4) is 0 Å². The lowest BCUT2D eigenvalue weighted by Gasteiger charge is -2.29. The molecule has 0 saturated heterocycles. The first kappa shape index (κ1) is 31.0. The van der Waals surface area contributed by atoms with Gasteiger partial charge in [-0.15, -0.1) is 0 Å². The lowest BCUT2D eigenvalue weighted by molar-refractivity contribution is -0.163. The highest BCUT2D eigenvalue weighted by Gasteiger charge is 2.38. The molecule has 1 saturated carbocycles. The Morgan fingerprint density at radius 3 is 1.82 bits per heavy atom. The van der Waals surface area contributed by atoms with Gasteiger partial charge in [0.25, 0.3) is 0 Å². The van der Waals surface area contributed by atoms with Crippen LogP contribution < -0.4 is 0 Å². The highest BCUT2D eigenvalue weighted by molar-refractivity contribution is 5.82. The van der Waals surface area contributed by atoms with Gasteiger partial charge in [0.15, 0.2) is 0 Å². The largest absolute Gasteiger partial charge is 0.465 e. The predicted molar refractivity (Wildman–Crippen MR) is 142 cm³/mol. The second-order valence-electron chi connectivity index (χ2n) is 11.1. The van der Waals surface area contributed by atoms with Gasteiger partial charge in [0, 0.05) is 0 Å². The maximum absolute atomic E-state index is 12.9. The van der Waals surface area contributed by atoms with Gasteiger partial charge in [-0.2, -0.15) is 0 Å². The molecule has 0 aliphatic heterocycles. The molecule has 0 aromatic heterocycles. The minimum absolute atomic E-state index is 0.171. The van der Waals surface area contributed by atoms with Gasteiger partial charge in [0.2, 0.25) is 0 Å². The quantitative estimate of drug-likeness (QED) is 0.129. The van der Waals surface area contributed by atoms with Crippen LogP contribution in [0.15, 0.2) is 0 Å². The van der Waals surface area contributed by atoms with E-state index in [1.54, 1.807) is 0 Å². The van der Waals surface area contributed by atoms with E-state index in [0.29, 0.717) is 19.1 Å². The van der Waals surface area contributed by atoms with Gasteiger partial charge in [-0.25, -0.2) is 0 Å². The van der Waals surface area contributed by atoms with Gasteiger partial charge in [-0.05, 0) is 43.9 Å². The van der Waals surface area contributed by atoms with Gasteiger partial charge in [-0.1, -0.05) is 111 Å². The number of carbonyl (C=O) groups is 2. The molecule has 3 unspecified atom stereocenters. The molecule has 0 aromatic carbocycles. The van der Waals surface area contributed by atoms with Crippen molar-refractivity contribution in [2.75, 3.05) is 13.2 Å². The first-order valence-electron chi connectivity index (χ1n) is 14.8. The van der Waals surface area contributed by atoms with Gasteiger partial charge in [0.1, 0.15) is 0 Å². The third kappa shape index (κ3) is 14.4. The van der Waals surface area contributed by atoms with Crippen LogP contribution in [0.5, 0.6) is 0 Å². The summed E-state index contributed by atoms with van der Waals surface area (Å²) in [5.41, 5.74) is 0. The number of unbranched alkanes of at least 4 members (excludes halogenated alkanes) is 8. The smallest absolute Gasteiger partial charge is 0.309 e. The van der Waals surface area contributed by atoms with E-state index >= 15 is 0 Å². The van der Waals surface area contributed by atoms with Crippen molar-refractivity contribution in [2.24, 2.45) is 23.7 Å². The predicted octanol–water partition coefficient (Wildman–Crippen LogP) is 8.65. The summed E-state index contributed by atoms with van der Waals surface area (Å²) in [5, 5.41) is 0. The molecule has 0 aromatic rings. The molecule has 4 nitrogen and oxygen atoms in total. The van der Waals surface area contributed by atoms with E-state index < -0.39 is 0 Å². The maximum atomic E-state index is 12.9. The Balaban J connectivity index is 2.29. The summed E-state index contributed by atoms with van der Waals surface area (Å²) >= 11 is 0. The van der Waals surface area contributed by atoms with Crippen molar-refractivity contribution in [1.82, 2.24) is 0 Å². The Morgan fingerprint density at radius 2 is 1.24 bits per heavy atom. The minimum atomic E-state index is -0.315. The molecule has 1 aliphatic rings. The third-order valence-electron chi connectivity index (χ3n) is 7.42. The molecular weight excluding hydrogens is 424 g/mol. The van der Waals surface area contributed by atoms with Crippen molar-refractivity contribution in [1.29, 1.82) is 0 Å². The first-order valence-corrected chi connectivity index (χ1v) is 14.8. The summed E-state index contributed by atoms with van der Waals surface area (Å²) in [4.78, 5) is 25.6. The lowest BCUT2D eigenvalue weighted by Crippen LogP contribution is -2.35. The zero-order valence-corrected chi connectivity index (χ0v) is 23.1. The molecule has 0 N–H and O–H groups in total. The number of hydrogen-bond acceptors (Lipinski definition) is 4. The molecule has 1 aliphatic carbocycles. The second kappa shape index (κ2) is 20.2. The van der Waals surface area contributed by atoms with Crippen LogP contribution >= 0.6 is 0 Å². The molecule has 4 heteroatoms. The van der Waals surface area contributed by atoms with Crippen molar-refractivity contribution in [3.05, 3.63) is 0 Å². The van der Waals surface area contributed by atoms with Crippen molar-refractivity contribution >= 4 is 11.9 Å². The number of hydrogen-bond donors (Lipinski definition) is 0. The molecule has 200 valence electrons. The van der Waals surface area contributed by atoms with E-state index in [0.717, 1.165) is 63.7 Å². The lowest BCUT2D eigenvalue weighted by atomic mass is 9.79. The average molecular weight is 481 g/mol. The van der Waals surface area contributed by atoms with Crippen molar-refractivity contribution in [3.63, 3.8) is 0 Å². The van der Waals surface area contributed by atoms with E-state index in [9.17, 15) is 9.59 Å². The van der Waals surface area contributed by atoms with Crippen LogP contribution in [0.2, 0.25) is 0 Å². The normalized spacial score (nSPS) is 19.2. The first-order chi connectivity index (χ1) is 16.5. The summed E-state index contributed by atoms with van der Waals surface area (Å²) in [5.74, 6) is 0.287. The zero-order valence-electron chi connectivity index (χ0n) is 23.1. The summed E-state index contributed by atoms with van der Waals surface area (Å²) in [6, 6.07) is 0. The van der Waals surface area contributed by atoms with Crippen LogP contribution in [-0.4, -0.2) is 25.2 Å². The number of ether oxygens (including phenoxy) is 2. The molecule has 0 heterocycles. The fraction of sp³-hybridized carbons (Fsp3) is 0.933. The summed E-state index contributed by atoms with van der Waals surface area (Å²) in [6.07, 6.45) is 20.4. The third-order valence-corrected chi connectivity index (χ3v) is 7.42. The Bertz CT molecular complexity index is 516. The van der Waals surface area contributed by atoms with E-state index in [2.05, 4.69) is 27.7 Å². The van der Waals surface area contributed by atoms with Crippen molar-refractivity contribution in [2.45, 2.75) is 143 Å². The number of carbonyl (C=O) groups excluding carboxylic acids is 2. The highest BCUT2D eigenvalue weighted by Crippen LogP contribution is 2.32. The Hall–Kier alpha value is -1.06. The molecule has 0 bridgehead atoms. The Labute approximate surface area is 211 Å². The highest BCUT2D eigenvalue weighted by atomic mass is 16.5. The minimum Gasteiger partial charge on any atom is -0.465 e. The fourth-order valence-electron chi connectivity index (χ4n) is 5.22. The molecule has 3 atom stereocenters. The van der Waals surface area contributed by atoms with Crippen LogP contribution in [-0.2, 0) is 19.1 Å². The zero-order chi connectivity index (χ0) is 25.0. The van der Waals surface area contributed by atoms with E-state index in [4.69, 9.17) is 9.47 Å². The molecule has 34 heavy (non-hydrogen) atoms. The van der Waals surface area contributed by atoms with E-state index in [1.807, 2.05) is 0 Å². The van der Waals surface area contributed by atoms with Crippen LogP contribution in [0.1, 0.15) is 143 Å².